The van der Waals surface area contributed by atoms with E-state index in [1.807, 2.05) is 29.2 Å². The van der Waals surface area contributed by atoms with Crippen LogP contribution in [0.3, 0.4) is 0 Å². The average Bonchev–Trinajstić information content (AvgIpc) is 3.24. The molecule has 0 radical (unpaired) electrons. The van der Waals surface area contributed by atoms with Crippen molar-refractivity contribution in [3.63, 3.8) is 0 Å². The monoisotopic (exact) mass is 499 g/mol. The molecule has 0 atom stereocenters. The number of non-ortho nitro benzene ring substituents is 1. The molecule has 4 aromatic rings. The molecule has 0 bridgehead atoms. The van der Waals surface area contributed by atoms with E-state index in [0.717, 1.165) is 54.1 Å². The lowest BCUT2D eigenvalue weighted by Crippen LogP contribution is -2.36. The molecule has 10 nitrogen and oxygen atoms in total. The van der Waals surface area contributed by atoms with E-state index in [-0.39, 0.29) is 11.6 Å². The van der Waals surface area contributed by atoms with E-state index in [1.54, 1.807) is 0 Å². The number of carbonyl (C=O) groups excluding carboxylic acids is 1. The molecule has 1 amide bonds. The molecule has 1 aliphatic heterocycles. The summed E-state index contributed by atoms with van der Waals surface area (Å²) in [6.45, 7) is 2.53. The van der Waals surface area contributed by atoms with Crippen LogP contribution in [0, 0.1) is 10.1 Å². The van der Waals surface area contributed by atoms with Crippen molar-refractivity contribution in [2.45, 2.75) is 44.4 Å². The molecule has 0 unspecified atom stereocenters. The van der Waals surface area contributed by atoms with Gasteiger partial charge in [0, 0.05) is 55.2 Å². The number of aromatic nitrogens is 4. The van der Waals surface area contributed by atoms with Gasteiger partial charge >= 0.3 is 0 Å². The largest absolute Gasteiger partial charge is 0.340 e. The zero-order chi connectivity index (χ0) is 25.4. The Morgan fingerprint density at radius 1 is 0.892 bits per heavy atom. The molecule has 2 aromatic carbocycles. The third kappa shape index (κ3) is 4.36. The number of fused-ring (bicyclic) bond motifs is 3. The summed E-state index contributed by atoms with van der Waals surface area (Å²) in [7, 11) is 0. The van der Waals surface area contributed by atoms with Crippen molar-refractivity contribution >= 4 is 34.1 Å². The van der Waals surface area contributed by atoms with Gasteiger partial charge in [0.05, 0.1) is 10.4 Å². The molecule has 1 saturated heterocycles. The van der Waals surface area contributed by atoms with Gasteiger partial charge in [-0.05, 0) is 43.5 Å². The molecule has 2 aromatic heterocycles. The van der Waals surface area contributed by atoms with Crippen LogP contribution in [-0.4, -0.2) is 61.5 Å². The average molecular weight is 500 g/mol. The summed E-state index contributed by atoms with van der Waals surface area (Å²) in [6.07, 6.45) is 6.70. The Kier molecular flexibility index (Phi) is 6.15. The van der Waals surface area contributed by atoms with E-state index in [2.05, 4.69) is 19.5 Å². The Bertz CT molecular complexity index is 1460. The van der Waals surface area contributed by atoms with Crippen molar-refractivity contribution in [3.8, 4) is 0 Å². The first kappa shape index (κ1) is 23.3. The van der Waals surface area contributed by atoms with Gasteiger partial charge in [-0.2, -0.15) is 0 Å². The van der Waals surface area contributed by atoms with Crippen LogP contribution in [-0.2, 0) is 0 Å². The lowest BCUT2D eigenvalue weighted by atomic mass is 9.89. The number of hydrogen-bond donors (Lipinski definition) is 0. The van der Waals surface area contributed by atoms with Crippen LogP contribution < -0.4 is 4.90 Å². The summed E-state index contributed by atoms with van der Waals surface area (Å²) in [5.74, 6) is 2.09. The summed E-state index contributed by atoms with van der Waals surface area (Å²) in [4.78, 5) is 32.9. The fourth-order valence-corrected chi connectivity index (χ4v) is 5.65. The maximum atomic E-state index is 13.2. The second kappa shape index (κ2) is 9.76. The first-order chi connectivity index (χ1) is 18.1. The fraction of sp³-hybridized carbons (Fsp3) is 0.407. The zero-order valence-corrected chi connectivity index (χ0v) is 20.6. The summed E-state index contributed by atoms with van der Waals surface area (Å²) in [5, 5.41) is 21.3. The summed E-state index contributed by atoms with van der Waals surface area (Å²) < 4.78 is 2.16. The maximum absolute atomic E-state index is 13.2. The number of nitro benzene ring substituents is 1. The van der Waals surface area contributed by atoms with Crippen molar-refractivity contribution in [2.75, 3.05) is 31.1 Å². The maximum Gasteiger partial charge on any atom is 0.269 e. The van der Waals surface area contributed by atoms with Crippen LogP contribution in [0.2, 0.25) is 0 Å². The standard InChI is InChI=1S/C27H29N7O3/c35-26(20-11-13-21(14-12-20)34(36)37)31-15-6-16-32(18-17-31)27-28-23-10-5-4-9-22(23)25-30-29-24(33(25)27)19-7-2-1-3-8-19/h4-5,9-14,19H,1-3,6-8,15-18H2. The van der Waals surface area contributed by atoms with E-state index in [0.29, 0.717) is 31.1 Å². The van der Waals surface area contributed by atoms with Crippen LogP contribution in [0.25, 0.3) is 16.6 Å². The summed E-state index contributed by atoms with van der Waals surface area (Å²) in [6, 6.07) is 13.9. The van der Waals surface area contributed by atoms with Crippen LogP contribution in [0.5, 0.6) is 0 Å². The molecule has 10 heteroatoms. The van der Waals surface area contributed by atoms with Gasteiger partial charge in [0.1, 0.15) is 5.82 Å². The number of para-hydroxylation sites is 1. The van der Waals surface area contributed by atoms with Gasteiger partial charge in [-0.3, -0.25) is 14.9 Å². The molecule has 0 N–H and O–H groups in total. The van der Waals surface area contributed by atoms with Crippen LogP contribution >= 0.6 is 0 Å². The van der Waals surface area contributed by atoms with Gasteiger partial charge in [0.2, 0.25) is 5.95 Å². The summed E-state index contributed by atoms with van der Waals surface area (Å²) in [5.41, 5.74) is 2.16. The first-order valence-electron chi connectivity index (χ1n) is 13.0. The third-order valence-corrected chi connectivity index (χ3v) is 7.61. The number of nitro groups is 1. The topological polar surface area (TPSA) is 110 Å². The van der Waals surface area contributed by atoms with Crippen molar-refractivity contribution < 1.29 is 9.72 Å². The van der Waals surface area contributed by atoms with E-state index in [9.17, 15) is 14.9 Å². The Balaban J connectivity index is 1.32. The smallest absolute Gasteiger partial charge is 0.269 e. The lowest BCUT2D eigenvalue weighted by Gasteiger charge is -2.26. The number of anilines is 1. The molecule has 1 aliphatic carbocycles. The predicted octanol–water partition coefficient (Wildman–Crippen LogP) is 4.59. The van der Waals surface area contributed by atoms with Crippen molar-refractivity contribution in [1.82, 2.24) is 24.5 Å². The summed E-state index contributed by atoms with van der Waals surface area (Å²) >= 11 is 0. The molecular weight excluding hydrogens is 470 g/mol. The first-order valence-corrected chi connectivity index (χ1v) is 13.0. The van der Waals surface area contributed by atoms with E-state index in [1.165, 1.54) is 43.5 Å². The number of nitrogens with zero attached hydrogens (tertiary/aromatic N) is 7. The van der Waals surface area contributed by atoms with Gasteiger partial charge in [-0.25, -0.2) is 9.38 Å². The minimum Gasteiger partial charge on any atom is -0.340 e. The van der Waals surface area contributed by atoms with Crippen LogP contribution in [0.15, 0.2) is 48.5 Å². The Morgan fingerprint density at radius 3 is 2.46 bits per heavy atom. The number of benzene rings is 2. The van der Waals surface area contributed by atoms with Crippen molar-refractivity contribution in [2.24, 2.45) is 0 Å². The molecule has 190 valence electrons. The van der Waals surface area contributed by atoms with E-state index in [4.69, 9.17) is 4.98 Å². The second-order valence-corrected chi connectivity index (χ2v) is 9.92. The second-order valence-electron chi connectivity index (χ2n) is 9.92. The molecule has 2 fully saturated rings. The van der Waals surface area contributed by atoms with Gasteiger partial charge in [-0.1, -0.05) is 31.4 Å². The molecular formula is C27H29N7O3. The molecule has 1 saturated carbocycles. The quantitative estimate of drug-likeness (QED) is 0.298. The minimum atomic E-state index is -0.456. The number of hydrogen-bond acceptors (Lipinski definition) is 7. The van der Waals surface area contributed by atoms with Crippen LogP contribution in [0.4, 0.5) is 11.6 Å². The molecule has 0 spiro atoms. The highest BCUT2D eigenvalue weighted by atomic mass is 16.6. The van der Waals surface area contributed by atoms with Gasteiger partial charge in [0.25, 0.3) is 11.6 Å². The molecule has 2 aliphatic rings. The van der Waals surface area contributed by atoms with Gasteiger partial charge in [0.15, 0.2) is 5.65 Å². The van der Waals surface area contributed by atoms with Crippen LogP contribution in [0.1, 0.15) is 60.6 Å². The van der Waals surface area contributed by atoms with Crippen molar-refractivity contribution in [1.29, 1.82) is 0 Å². The highest BCUT2D eigenvalue weighted by Crippen LogP contribution is 2.34. The predicted molar refractivity (Wildman–Crippen MR) is 140 cm³/mol. The zero-order valence-electron chi connectivity index (χ0n) is 20.6. The normalized spacial score (nSPS) is 17.3. The Labute approximate surface area is 214 Å². The number of carbonyl (C=O) groups is 1. The van der Waals surface area contributed by atoms with Crippen molar-refractivity contribution in [3.05, 3.63) is 70.0 Å². The van der Waals surface area contributed by atoms with Gasteiger partial charge < -0.3 is 9.80 Å². The highest BCUT2D eigenvalue weighted by molar-refractivity contribution is 5.94. The molecule has 37 heavy (non-hydrogen) atoms. The van der Waals surface area contributed by atoms with Gasteiger partial charge in [-0.15, -0.1) is 10.2 Å². The van der Waals surface area contributed by atoms with E-state index >= 15 is 0 Å². The fourth-order valence-electron chi connectivity index (χ4n) is 5.65. The molecule has 6 rings (SSSR count). The minimum absolute atomic E-state index is 0.0206. The lowest BCUT2D eigenvalue weighted by molar-refractivity contribution is -0.384. The number of rotatable bonds is 4. The number of amides is 1. The highest BCUT2D eigenvalue weighted by Gasteiger charge is 2.28. The Morgan fingerprint density at radius 2 is 1.68 bits per heavy atom. The van der Waals surface area contributed by atoms with E-state index < -0.39 is 4.92 Å². The SMILES string of the molecule is O=C(c1ccc([N+](=O)[O-])cc1)N1CCCN(c2nc3ccccc3c3nnc(C4CCCCC4)n23)CC1. The Hall–Kier alpha value is -4.08. The third-order valence-electron chi connectivity index (χ3n) is 7.61. The molecule has 3 heterocycles.